The summed E-state index contributed by atoms with van der Waals surface area (Å²) in [5, 5.41) is 0. The number of amides is 6. The van der Waals surface area contributed by atoms with Crippen molar-refractivity contribution in [1.29, 1.82) is 0 Å². The Morgan fingerprint density at radius 2 is 0.663 bits per heavy atom. The van der Waals surface area contributed by atoms with E-state index in [1.807, 2.05) is 28.5 Å². The highest BCUT2D eigenvalue weighted by Crippen LogP contribution is 2.34. The molecule has 6 saturated heterocycles. The average Bonchev–Trinajstić information content (AvgIpc) is 4.56. The lowest BCUT2D eigenvalue weighted by Crippen LogP contribution is -2.52. The number of hydrogen-bond acceptors (Lipinski definition) is 12. The minimum atomic E-state index is 0.217. The van der Waals surface area contributed by atoms with Crippen LogP contribution in [0.1, 0.15) is 191 Å². The lowest BCUT2D eigenvalue weighted by molar-refractivity contribution is -0.137. The molecule has 9 rings (SSSR count). The molecule has 18 nitrogen and oxygen atoms in total. The second-order valence-corrected chi connectivity index (χ2v) is 26.5. The van der Waals surface area contributed by atoms with E-state index in [1.54, 1.807) is 27.7 Å². The molecule has 3 saturated carbocycles. The quantitative estimate of drug-likeness (QED) is 0.167. The fourth-order valence-electron chi connectivity index (χ4n) is 13.8. The van der Waals surface area contributed by atoms with Gasteiger partial charge in [-0.15, -0.1) is 0 Å². The highest BCUT2D eigenvalue weighted by atomic mass is 16.2. The van der Waals surface area contributed by atoms with Gasteiger partial charge >= 0.3 is 0 Å². The van der Waals surface area contributed by atoms with Crippen LogP contribution in [0.2, 0.25) is 0 Å². The van der Waals surface area contributed by atoms with Gasteiger partial charge in [0.15, 0.2) is 0 Å². The zero-order chi connectivity index (χ0) is 61.3. The molecule has 0 aromatic rings. The Labute approximate surface area is 506 Å². The molecular formula is C65H124N12O6. The van der Waals surface area contributed by atoms with Crippen LogP contribution in [0.25, 0.3) is 0 Å². The van der Waals surface area contributed by atoms with Gasteiger partial charge < -0.3 is 58.8 Å². The van der Waals surface area contributed by atoms with Crippen molar-refractivity contribution in [3.05, 3.63) is 0 Å². The Hall–Kier alpha value is -3.42. The molecule has 9 aliphatic rings. The second-order valence-electron chi connectivity index (χ2n) is 26.5. The van der Waals surface area contributed by atoms with Crippen LogP contribution in [0, 0.1) is 0 Å². The van der Waals surface area contributed by atoms with Crippen molar-refractivity contribution in [2.24, 2.45) is 0 Å². The van der Waals surface area contributed by atoms with E-state index >= 15 is 0 Å². The van der Waals surface area contributed by atoms with Crippen LogP contribution in [0.4, 0.5) is 0 Å². The molecular weight excluding hydrogens is 1040 g/mol. The fraction of sp³-hybridized carbons (Fsp3) is 0.908. The molecule has 6 aliphatic heterocycles. The van der Waals surface area contributed by atoms with Crippen LogP contribution in [0.5, 0.6) is 0 Å². The van der Waals surface area contributed by atoms with Crippen molar-refractivity contribution in [2.45, 2.75) is 251 Å². The molecule has 0 atom stereocenters. The number of hydrogen-bond donors (Lipinski definition) is 0. The van der Waals surface area contributed by atoms with Gasteiger partial charge in [0.05, 0.1) is 0 Å². The first-order chi connectivity index (χ1) is 39.5. The largest absolute Gasteiger partial charge is 0.342 e. The van der Waals surface area contributed by atoms with E-state index in [0.29, 0.717) is 72.7 Å². The SMILES string of the molecule is CC(=O)N(C(C)C)C1CCN(C)CC1.CC(=O)N(C1CC1)C1CCN(C)CC1.CC(=O)N(C1CCC1)C1CCN(C)CC1.CCC(=O)N(C1CC1)C1CCN(C)CC1.CCN(C(C)=O)C1CCN(C)CC1.CCN(C=O)C1CCN(C)CC1. The minimum Gasteiger partial charge on any atom is -0.342 e. The molecule has 18 heteroatoms. The van der Waals surface area contributed by atoms with Crippen LogP contribution in [0.3, 0.4) is 0 Å². The molecule has 6 amide bonds. The molecule has 0 radical (unpaired) electrons. The van der Waals surface area contributed by atoms with Gasteiger partial charge in [0.2, 0.25) is 35.9 Å². The summed E-state index contributed by atoms with van der Waals surface area (Å²) < 4.78 is 0. The highest BCUT2D eigenvalue weighted by molar-refractivity contribution is 5.77. The van der Waals surface area contributed by atoms with Gasteiger partial charge in [-0.2, -0.15) is 0 Å². The summed E-state index contributed by atoms with van der Waals surface area (Å²) in [6.45, 7) is 32.3. The summed E-state index contributed by atoms with van der Waals surface area (Å²) >= 11 is 0. The smallest absolute Gasteiger partial charge is 0.222 e. The third-order valence-corrected chi connectivity index (χ3v) is 19.4. The van der Waals surface area contributed by atoms with E-state index in [-0.39, 0.29) is 23.6 Å². The van der Waals surface area contributed by atoms with Gasteiger partial charge in [0, 0.05) is 108 Å². The first kappa shape index (κ1) is 72.1. The molecule has 3 aliphatic carbocycles. The third-order valence-electron chi connectivity index (χ3n) is 19.4. The molecule has 9 fully saturated rings. The topological polar surface area (TPSA) is 141 Å². The van der Waals surface area contributed by atoms with E-state index in [2.05, 4.69) is 107 Å². The lowest BCUT2D eigenvalue weighted by Gasteiger charge is -2.44. The summed E-state index contributed by atoms with van der Waals surface area (Å²) in [5.41, 5.74) is 0. The van der Waals surface area contributed by atoms with E-state index in [9.17, 15) is 28.8 Å². The van der Waals surface area contributed by atoms with Crippen LogP contribution >= 0.6 is 0 Å². The van der Waals surface area contributed by atoms with Crippen molar-refractivity contribution in [3.63, 3.8) is 0 Å². The average molecular weight is 1170 g/mol. The summed E-state index contributed by atoms with van der Waals surface area (Å²) in [6, 6.07) is 5.08. The molecule has 83 heavy (non-hydrogen) atoms. The van der Waals surface area contributed by atoms with Crippen LogP contribution < -0.4 is 0 Å². The van der Waals surface area contributed by atoms with Crippen molar-refractivity contribution in [3.8, 4) is 0 Å². The van der Waals surface area contributed by atoms with Crippen LogP contribution in [-0.2, 0) is 28.8 Å². The summed E-state index contributed by atoms with van der Waals surface area (Å²) in [5.74, 6) is 1.37. The standard InChI is InChI=1S/2C12H22N2O.C11H20N2O.C11H22N2O.C10H20N2O.C9H18N2O/c1-10(15)14(11-4-3-5-11)12-6-8-13(2)9-7-12;1-3-12(15)14(10-4-5-10)11-6-8-13(2)9-7-11;1-9(14)13(10-3-4-10)11-5-7-12(2)8-6-11;1-9(2)13(10(3)14)11-5-7-12(4)8-6-11;1-4-12(9(2)13)10-5-7-11(3)8-6-10;1-3-11(8-12)9-4-6-10(2)7-5-9/h11-12H,3-9H2,1-2H3;10-11H,3-9H2,1-2H3;10-11H,3-8H2,1-2H3;9,11H,5-8H2,1-4H3;10H,4-8H2,1-3H3;8-9H,3-7H2,1-2H3. The molecule has 0 unspecified atom stereocenters. The Morgan fingerprint density at radius 1 is 0.373 bits per heavy atom. The van der Waals surface area contributed by atoms with E-state index in [1.165, 1.54) is 57.8 Å². The zero-order valence-electron chi connectivity index (χ0n) is 55.7. The first-order valence-corrected chi connectivity index (χ1v) is 33.3. The summed E-state index contributed by atoms with van der Waals surface area (Å²) in [4.78, 5) is 94.9. The molecule has 0 spiro atoms. The van der Waals surface area contributed by atoms with Crippen molar-refractivity contribution in [2.75, 3.05) is 134 Å². The lowest BCUT2D eigenvalue weighted by atomic mass is 9.88. The Morgan fingerprint density at radius 3 is 0.904 bits per heavy atom. The number of rotatable bonds is 14. The molecule has 6 heterocycles. The molecule has 0 N–H and O–H groups in total. The fourth-order valence-corrected chi connectivity index (χ4v) is 13.8. The van der Waals surface area contributed by atoms with Gasteiger partial charge in [-0.25, -0.2) is 0 Å². The number of carbonyl (C=O) groups excluding carboxylic acids is 6. The highest BCUT2D eigenvalue weighted by Gasteiger charge is 2.39. The number of likely N-dealkylation sites (tertiary alicyclic amines) is 6. The van der Waals surface area contributed by atoms with E-state index in [4.69, 9.17) is 0 Å². The summed E-state index contributed by atoms with van der Waals surface area (Å²) in [6.07, 6.45) is 24.1. The number of piperidine rings is 6. The molecule has 0 aromatic carbocycles. The van der Waals surface area contributed by atoms with Gasteiger partial charge in [-0.1, -0.05) is 6.92 Å². The second kappa shape index (κ2) is 37.3. The Kier molecular flexibility index (Phi) is 32.4. The first-order valence-electron chi connectivity index (χ1n) is 33.3. The van der Waals surface area contributed by atoms with E-state index in [0.717, 1.165) is 162 Å². The Balaban J connectivity index is 0.000000214. The van der Waals surface area contributed by atoms with Gasteiger partial charge in [0.1, 0.15) is 0 Å². The van der Waals surface area contributed by atoms with Crippen molar-refractivity contribution in [1.82, 2.24) is 58.8 Å². The maximum Gasteiger partial charge on any atom is 0.222 e. The van der Waals surface area contributed by atoms with Gasteiger partial charge in [-0.05, 0) is 271 Å². The van der Waals surface area contributed by atoms with Gasteiger partial charge in [0.25, 0.3) is 0 Å². The maximum atomic E-state index is 11.9. The maximum absolute atomic E-state index is 11.9. The summed E-state index contributed by atoms with van der Waals surface area (Å²) in [7, 11) is 12.9. The normalized spacial score (nSPS) is 22.7. The number of carbonyl (C=O) groups is 6. The van der Waals surface area contributed by atoms with Crippen molar-refractivity contribution >= 4 is 35.9 Å². The molecule has 0 bridgehead atoms. The van der Waals surface area contributed by atoms with E-state index < -0.39 is 0 Å². The third kappa shape index (κ3) is 24.7. The zero-order valence-corrected chi connectivity index (χ0v) is 55.7. The monoisotopic (exact) mass is 1170 g/mol. The number of nitrogens with zero attached hydrogens (tertiary/aromatic N) is 12. The van der Waals surface area contributed by atoms with Crippen LogP contribution in [0.15, 0.2) is 0 Å². The molecule has 0 aromatic heterocycles. The Bertz CT molecular complexity index is 1810. The van der Waals surface area contributed by atoms with Gasteiger partial charge in [-0.3, -0.25) is 28.8 Å². The van der Waals surface area contributed by atoms with Crippen molar-refractivity contribution < 1.29 is 28.8 Å². The van der Waals surface area contributed by atoms with Crippen LogP contribution in [-0.4, -0.2) is 289 Å². The minimum absolute atomic E-state index is 0.217. The predicted octanol–water partition coefficient (Wildman–Crippen LogP) is 6.90. The predicted molar refractivity (Wildman–Crippen MR) is 338 cm³/mol. The molecule has 480 valence electrons.